The Morgan fingerprint density at radius 2 is 2.28 bits per heavy atom. The summed E-state index contributed by atoms with van der Waals surface area (Å²) in [6.45, 7) is 11.7. The molecule has 0 aromatic carbocycles. The second-order valence-electron chi connectivity index (χ2n) is 7.61. The average molecular weight is 412 g/mol. The van der Waals surface area contributed by atoms with Crippen LogP contribution in [0.3, 0.4) is 0 Å². The fourth-order valence-corrected chi connectivity index (χ4v) is 4.27. The molecule has 1 saturated heterocycles. The van der Waals surface area contributed by atoms with Gasteiger partial charge >= 0.3 is 0 Å². The Morgan fingerprint density at radius 1 is 1.48 bits per heavy atom. The first-order valence-electron chi connectivity index (χ1n) is 9.70. The number of hydrogen-bond donors (Lipinski definition) is 1. The minimum Gasteiger partial charge on any atom is -0.467 e. The Morgan fingerprint density at radius 3 is 2.93 bits per heavy atom. The molecule has 4 heterocycles. The van der Waals surface area contributed by atoms with Gasteiger partial charge in [-0.25, -0.2) is 4.98 Å². The van der Waals surface area contributed by atoms with Crippen LogP contribution in [-0.2, 0) is 11.3 Å². The molecule has 0 unspecified atom stereocenters. The van der Waals surface area contributed by atoms with Crippen LogP contribution in [0.15, 0.2) is 37.2 Å². The lowest BCUT2D eigenvalue weighted by atomic mass is 9.96. The smallest absolute Gasteiger partial charge is 0.246 e. The van der Waals surface area contributed by atoms with E-state index in [-0.39, 0.29) is 5.91 Å². The van der Waals surface area contributed by atoms with Gasteiger partial charge in [0.2, 0.25) is 11.8 Å². The van der Waals surface area contributed by atoms with Crippen molar-refractivity contribution in [2.45, 2.75) is 39.3 Å². The van der Waals surface area contributed by atoms with Crippen LogP contribution >= 0.6 is 11.3 Å². The Bertz CT molecular complexity index is 1060. The fraction of sp³-hybridized carbons (Fsp3) is 0.381. The Balaban J connectivity index is 1.66. The largest absolute Gasteiger partial charge is 0.467 e. The summed E-state index contributed by atoms with van der Waals surface area (Å²) in [5.41, 5.74) is 0.594. The maximum atomic E-state index is 11.8. The number of hydrogen-bond acceptors (Lipinski definition) is 6. The van der Waals surface area contributed by atoms with Crippen molar-refractivity contribution in [1.82, 2.24) is 19.4 Å². The van der Waals surface area contributed by atoms with Gasteiger partial charge in [0.25, 0.3) is 0 Å². The van der Waals surface area contributed by atoms with Crippen molar-refractivity contribution >= 4 is 39.1 Å². The van der Waals surface area contributed by atoms with Gasteiger partial charge in [0, 0.05) is 29.9 Å². The summed E-state index contributed by atoms with van der Waals surface area (Å²) in [6.07, 6.45) is 6.27. The second-order valence-corrected chi connectivity index (χ2v) is 8.84. The molecule has 8 heteroatoms. The van der Waals surface area contributed by atoms with Gasteiger partial charge < -0.3 is 19.5 Å². The molecule has 0 saturated carbocycles. The third kappa shape index (κ3) is 3.85. The van der Waals surface area contributed by atoms with Crippen LogP contribution in [0.5, 0.6) is 5.88 Å². The lowest BCUT2D eigenvalue weighted by Gasteiger charge is -2.46. The number of nitrogens with one attached hydrogen (secondary N) is 1. The maximum absolute atomic E-state index is 11.8. The van der Waals surface area contributed by atoms with Crippen molar-refractivity contribution in [3.05, 3.63) is 42.1 Å². The summed E-state index contributed by atoms with van der Waals surface area (Å²) in [5.74, 6) is 1.19. The molecule has 7 nitrogen and oxygen atoms in total. The van der Waals surface area contributed by atoms with Gasteiger partial charge in [0.15, 0.2) is 5.13 Å². The molecule has 3 aromatic heterocycles. The highest BCUT2D eigenvalue weighted by Gasteiger charge is 2.43. The van der Waals surface area contributed by atoms with Gasteiger partial charge in [0.05, 0.1) is 24.0 Å². The minimum absolute atomic E-state index is 0.0761. The third-order valence-electron chi connectivity index (χ3n) is 4.93. The van der Waals surface area contributed by atoms with Gasteiger partial charge in [-0.05, 0) is 32.4 Å². The lowest BCUT2D eigenvalue weighted by molar-refractivity contribution is -0.143. The van der Waals surface area contributed by atoms with E-state index < -0.39 is 5.60 Å². The number of carbonyl (C=O) groups excluding carboxylic acids is 1. The number of rotatable bonds is 7. The highest BCUT2D eigenvalue weighted by atomic mass is 32.1. The van der Waals surface area contributed by atoms with E-state index in [1.807, 2.05) is 32.2 Å². The van der Waals surface area contributed by atoms with E-state index in [1.54, 1.807) is 16.2 Å². The van der Waals surface area contributed by atoms with E-state index in [0.717, 1.165) is 33.9 Å². The molecule has 1 aliphatic rings. The number of nitrogens with zero attached hydrogens (tertiary/aromatic N) is 4. The van der Waals surface area contributed by atoms with Crippen molar-refractivity contribution in [2.75, 3.05) is 18.4 Å². The molecule has 0 bridgehead atoms. The predicted molar refractivity (Wildman–Crippen MR) is 116 cm³/mol. The molecule has 0 radical (unpaired) electrons. The highest BCUT2D eigenvalue weighted by Crippen LogP contribution is 2.34. The summed E-state index contributed by atoms with van der Waals surface area (Å²) < 4.78 is 8.55. The standard InChI is InChI=1S/C21H25N5O2S/c1-5-8-25-9-7-15-16(25)10-17(24-20-22-11-14(3)29-20)23-19(15)28-21(4)12-26(13-21)18(27)6-2/h6-7,9-11H,2,5,8,12-13H2,1,3-4H3,(H,22,23,24). The molecular formula is C21H25N5O2S. The van der Waals surface area contributed by atoms with Crippen LogP contribution in [0, 0.1) is 6.92 Å². The Hall–Kier alpha value is -2.87. The molecule has 1 aliphatic heterocycles. The molecule has 1 fully saturated rings. The first-order valence-corrected chi connectivity index (χ1v) is 10.5. The molecule has 0 spiro atoms. The average Bonchev–Trinajstić information content (AvgIpc) is 3.26. The molecule has 152 valence electrons. The van der Waals surface area contributed by atoms with Crippen molar-refractivity contribution in [3.63, 3.8) is 0 Å². The van der Waals surface area contributed by atoms with E-state index in [2.05, 4.69) is 34.6 Å². The number of carbonyl (C=O) groups is 1. The highest BCUT2D eigenvalue weighted by molar-refractivity contribution is 7.15. The number of pyridine rings is 1. The first kappa shape index (κ1) is 19.4. The zero-order valence-electron chi connectivity index (χ0n) is 16.9. The van der Waals surface area contributed by atoms with E-state index in [1.165, 1.54) is 6.08 Å². The van der Waals surface area contributed by atoms with Gasteiger partial charge in [0.1, 0.15) is 11.4 Å². The molecule has 1 amide bonds. The molecular weight excluding hydrogens is 386 g/mol. The van der Waals surface area contributed by atoms with Crippen LogP contribution in [0.25, 0.3) is 10.9 Å². The van der Waals surface area contributed by atoms with E-state index >= 15 is 0 Å². The second kappa shape index (κ2) is 7.51. The predicted octanol–water partition coefficient (Wildman–Crippen LogP) is 4.12. The first-order chi connectivity index (χ1) is 13.9. The van der Waals surface area contributed by atoms with Crippen molar-refractivity contribution in [2.24, 2.45) is 0 Å². The summed E-state index contributed by atoms with van der Waals surface area (Å²) in [4.78, 5) is 23.8. The quantitative estimate of drug-likeness (QED) is 0.592. The SMILES string of the molecule is C=CC(=O)N1CC(C)(Oc2nc(Nc3ncc(C)s3)cc3c2ccn3CCC)C1. The monoisotopic (exact) mass is 411 g/mol. The van der Waals surface area contributed by atoms with Crippen LogP contribution in [0.4, 0.5) is 10.9 Å². The van der Waals surface area contributed by atoms with Crippen LogP contribution in [0.1, 0.15) is 25.1 Å². The van der Waals surface area contributed by atoms with Crippen molar-refractivity contribution in [3.8, 4) is 5.88 Å². The summed E-state index contributed by atoms with van der Waals surface area (Å²) in [6, 6.07) is 4.07. The van der Waals surface area contributed by atoms with Crippen molar-refractivity contribution < 1.29 is 9.53 Å². The maximum Gasteiger partial charge on any atom is 0.246 e. The van der Waals surface area contributed by atoms with E-state index in [4.69, 9.17) is 9.72 Å². The zero-order valence-corrected chi connectivity index (χ0v) is 17.8. The van der Waals surface area contributed by atoms with Gasteiger partial charge in [-0.3, -0.25) is 4.79 Å². The van der Waals surface area contributed by atoms with Gasteiger partial charge in [-0.1, -0.05) is 13.5 Å². The molecule has 3 aromatic rings. The third-order valence-corrected chi connectivity index (χ3v) is 5.76. The molecule has 0 aliphatic carbocycles. The number of fused-ring (bicyclic) bond motifs is 1. The normalized spacial score (nSPS) is 15.2. The number of anilines is 2. The molecule has 29 heavy (non-hydrogen) atoms. The van der Waals surface area contributed by atoms with Crippen LogP contribution in [-0.4, -0.2) is 44.0 Å². The number of likely N-dealkylation sites (tertiary alicyclic amines) is 1. The Labute approximate surface area is 174 Å². The molecule has 1 N–H and O–H groups in total. The summed E-state index contributed by atoms with van der Waals surface area (Å²) in [7, 11) is 0. The summed E-state index contributed by atoms with van der Waals surface area (Å²) in [5, 5.41) is 5.06. The number of amides is 1. The topological polar surface area (TPSA) is 72.3 Å². The number of ether oxygens (including phenoxy) is 1. The number of thiazole rings is 1. The van der Waals surface area contributed by atoms with E-state index in [0.29, 0.717) is 24.8 Å². The fourth-order valence-electron chi connectivity index (χ4n) is 3.60. The van der Waals surface area contributed by atoms with Gasteiger partial charge in [-0.15, -0.1) is 11.3 Å². The summed E-state index contributed by atoms with van der Waals surface area (Å²) >= 11 is 1.58. The van der Waals surface area contributed by atoms with Crippen LogP contribution < -0.4 is 10.1 Å². The van der Waals surface area contributed by atoms with Crippen LogP contribution in [0.2, 0.25) is 0 Å². The van der Waals surface area contributed by atoms with Gasteiger partial charge in [-0.2, -0.15) is 4.98 Å². The zero-order chi connectivity index (χ0) is 20.6. The Kier molecular flexibility index (Phi) is 5.04. The number of aryl methyl sites for hydroxylation is 2. The molecule has 4 rings (SSSR count). The lowest BCUT2D eigenvalue weighted by Crippen LogP contribution is -2.64. The number of aromatic nitrogens is 3. The van der Waals surface area contributed by atoms with Crippen molar-refractivity contribution in [1.29, 1.82) is 0 Å². The molecule has 0 atom stereocenters. The van der Waals surface area contributed by atoms with E-state index in [9.17, 15) is 4.79 Å². The minimum atomic E-state index is -0.470.